The molecule has 0 bridgehead atoms. The SMILES string of the molecule is COc1ccc2c(c1)CC1(CC2)CCN(CCCN(C)C)CC1. The van der Waals surface area contributed by atoms with Crippen LogP contribution in [0.1, 0.15) is 36.8 Å². The van der Waals surface area contributed by atoms with Gasteiger partial charge in [0.15, 0.2) is 0 Å². The van der Waals surface area contributed by atoms with Gasteiger partial charge in [-0.05, 0) is 107 Å². The number of methoxy groups -OCH3 is 1. The molecule has 1 fully saturated rings. The quantitative estimate of drug-likeness (QED) is 0.829. The Morgan fingerprint density at radius 1 is 1.13 bits per heavy atom. The van der Waals surface area contributed by atoms with Gasteiger partial charge in [-0.2, -0.15) is 0 Å². The van der Waals surface area contributed by atoms with E-state index in [0.29, 0.717) is 5.41 Å². The van der Waals surface area contributed by atoms with Crippen molar-refractivity contribution >= 4 is 0 Å². The average Bonchev–Trinajstić information content (AvgIpc) is 2.56. The number of hydrogen-bond donors (Lipinski definition) is 0. The first-order valence-corrected chi connectivity index (χ1v) is 9.13. The van der Waals surface area contributed by atoms with Gasteiger partial charge in [-0.3, -0.25) is 0 Å². The molecule has 0 radical (unpaired) electrons. The van der Waals surface area contributed by atoms with E-state index in [1.54, 1.807) is 12.7 Å². The largest absolute Gasteiger partial charge is 0.497 e. The fraction of sp³-hybridized carbons (Fsp3) is 0.700. The van der Waals surface area contributed by atoms with E-state index in [1.807, 2.05) is 0 Å². The summed E-state index contributed by atoms with van der Waals surface area (Å²) in [6.07, 6.45) is 7.90. The van der Waals surface area contributed by atoms with Crippen molar-refractivity contribution < 1.29 is 4.74 Å². The lowest BCUT2D eigenvalue weighted by Gasteiger charge is -2.45. The molecule has 3 nitrogen and oxygen atoms in total. The predicted octanol–water partition coefficient (Wildman–Crippen LogP) is 3.22. The van der Waals surface area contributed by atoms with Crippen LogP contribution in [0.3, 0.4) is 0 Å². The minimum absolute atomic E-state index is 0.553. The first kappa shape index (κ1) is 16.8. The topological polar surface area (TPSA) is 15.7 Å². The second kappa shape index (κ2) is 7.23. The summed E-state index contributed by atoms with van der Waals surface area (Å²) in [7, 11) is 6.10. The van der Waals surface area contributed by atoms with Gasteiger partial charge in [-0.25, -0.2) is 0 Å². The number of likely N-dealkylation sites (tertiary alicyclic amines) is 1. The summed E-state index contributed by atoms with van der Waals surface area (Å²) in [5, 5.41) is 0. The van der Waals surface area contributed by atoms with E-state index < -0.39 is 0 Å². The Labute approximate surface area is 141 Å². The highest BCUT2D eigenvalue weighted by molar-refractivity contribution is 5.38. The second-order valence-corrected chi connectivity index (χ2v) is 7.81. The maximum atomic E-state index is 5.42. The van der Waals surface area contributed by atoms with Crippen LogP contribution < -0.4 is 4.74 Å². The fourth-order valence-corrected chi connectivity index (χ4v) is 4.32. The molecule has 1 heterocycles. The first-order valence-electron chi connectivity index (χ1n) is 9.13. The van der Waals surface area contributed by atoms with Crippen LogP contribution in [0.15, 0.2) is 18.2 Å². The number of nitrogens with zero attached hydrogens (tertiary/aromatic N) is 2. The molecule has 0 aromatic heterocycles. The monoisotopic (exact) mass is 316 g/mol. The van der Waals surface area contributed by atoms with Crippen LogP contribution >= 0.6 is 0 Å². The summed E-state index contributed by atoms with van der Waals surface area (Å²) in [4.78, 5) is 4.97. The molecular formula is C20H32N2O. The third-order valence-corrected chi connectivity index (χ3v) is 5.90. The van der Waals surface area contributed by atoms with Crippen LogP contribution in [-0.4, -0.2) is 57.2 Å². The fourth-order valence-electron chi connectivity index (χ4n) is 4.32. The molecular weight excluding hydrogens is 284 g/mol. The molecule has 1 spiro atoms. The third kappa shape index (κ3) is 4.07. The van der Waals surface area contributed by atoms with Gasteiger partial charge in [-0.15, -0.1) is 0 Å². The van der Waals surface area contributed by atoms with Crippen LogP contribution in [0.25, 0.3) is 0 Å². The van der Waals surface area contributed by atoms with Crippen LogP contribution in [0.4, 0.5) is 0 Å². The molecule has 0 N–H and O–H groups in total. The third-order valence-electron chi connectivity index (χ3n) is 5.90. The Bertz CT molecular complexity index is 518. The summed E-state index contributed by atoms with van der Waals surface area (Å²) in [6, 6.07) is 6.67. The second-order valence-electron chi connectivity index (χ2n) is 7.81. The van der Waals surface area contributed by atoms with E-state index in [-0.39, 0.29) is 0 Å². The van der Waals surface area contributed by atoms with E-state index in [1.165, 1.54) is 70.3 Å². The number of ether oxygens (including phenoxy) is 1. The van der Waals surface area contributed by atoms with Crippen molar-refractivity contribution in [1.29, 1.82) is 0 Å². The minimum atomic E-state index is 0.553. The molecule has 128 valence electrons. The molecule has 2 aliphatic rings. The summed E-state index contributed by atoms with van der Waals surface area (Å²) in [6.45, 7) is 5.03. The van der Waals surface area contributed by atoms with E-state index in [2.05, 4.69) is 42.1 Å². The molecule has 1 saturated heterocycles. The molecule has 3 heteroatoms. The van der Waals surface area contributed by atoms with Crippen molar-refractivity contribution in [2.24, 2.45) is 5.41 Å². The zero-order valence-corrected chi connectivity index (χ0v) is 15.1. The minimum Gasteiger partial charge on any atom is -0.497 e. The summed E-state index contributed by atoms with van der Waals surface area (Å²) < 4.78 is 5.42. The maximum absolute atomic E-state index is 5.42. The number of hydrogen-bond acceptors (Lipinski definition) is 3. The van der Waals surface area contributed by atoms with Crippen molar-refractivity contribution in [1.82, 2.24) is 9.80 Å². The zero-order chi connectivity index (χ0) is 16.3. The number of benzene rings is 1. The van der Waals surface area contributed by atoms with Crippen LogP contribution in [0, 0.1) is 5.41 Å². The summed E-state index contributed by atoms with van der Waals surface area (Å²) >= 11 is 0. The number of rotatable bonds is 5. The Morgan fingerprint density at radius 3 is 2.61 bits per heavy atom. The molecule has 3 rings (SSSR count). The molecule has 23 heavy (non-hydrogen) atoms. The molecule has 0 unspecified atom stereocenters. The lowest BCUT2D eigenvalue weighted by atomic mass is 9.66. The van der Waals surface area contributed by atoms with E-state index in [9.17, 15) is 0 Å². The maximum Gasteiger partial charge on any atom is 0.119 e. The van der Waals surface area contributed by atoms with Crippen LogP contribution in [0.5, 0.6) is 5.75 Å². The molecule has 0 amide bonds. The van der Waals surface area contributed by atoms with Crippen molar-refractivity contribution in [3.05, 3.63) is 29.3 Å². The molecule has 0 saturated carbocycles. The zero-order valence-electron chi connectivity index (χ0n) is 15.1. The number of aryl methyl sites for hydroxylation is 1. The van der Waals surface area contributed by atoms with Gasteiger partial charge in [0.2, 0.25) is 0 Å². The van der Waals surface area contributed by atoms with Crippen LogP contribution in [-0.2, 0) is 12.8 Å². The number of piperidine rings is 1. The van der Waals surface area contributed by atoms with Crippen molar-refractivity contribution in [2.75, 3.05) is 47.4 Å². The molecule has 1 aromatic carbocycles. The highest BCUT2D eigenvalue weighted by atomic mass is 16.5. The lowest BCUT2D eigenvalue weighted by molar-refractivity contribution is 0.0877. The normalized spacial score (nSPS) is 20.7. The molecule has 1 aromatic rings. The highest BCUT2D eigenvalue weighted by Crippen LogP contribution is 2.44. The predicted molar refractivity (Wildman–Crippen MR) is 96.3 cm³/mol. The highest BCUT2D eigenvalue weighted by Gasteiger charge is 2.37. The molecule has 1 aliphatic carbocycles. The summed E-state index contributed by atoms with van der Waals surface area (Å²) in [5.74, 6) is 1.02. The van der Waals surface area contributed by atoms with Gasteiger partial charge in [0.1, 0.15) is 5.75 Å². The first-order chi connectivity index (χ1) is 11.1. The molecule has 0 atom stereocenters. The Balaban J connectivity index is 1.56. The average molecular weight is 316 g/mol. The van der Waals surface area contributed by atoms with Gasteiger partial charge in [0.05, 0.1) is 7.11 Å². The van der Waals surface area contributed by atoms with Crippen LogP contribution in [0.2, 0.25) is 0 Å². The Morgan fingerprint density at radius 2 is 1.91 bits per heavy atom. The van der Waals surface area contributed by atoms with Crippen molar-refractivity contribution in [2.45, 2.75) is 38.5 Å². The van der Waals surface area contributed by atoms with Gasteiger partial charge in [-0.1, -0.05) is 6.07 Å². The van der Waals surface area contributed by atoms with E-state index >= 15 is 0 Å². The summed E-state index contributed by atoms with van der Waals surface area (Å²) in [5.41, 5.74) is 3.64. The smallest absolute Gasteiger partial charge is 0.119 e. The van der Waals surface area contributed by atoms with Gasteiger partial charge >= 0.3 is 0 Å². The molecule has 1 aliphatic heterocycles. The van der Waals surface area contributed by atoms with Gasteiger partial charge < -0.3 is 14.5 Å². The lowest BCUT2D eigenvalue weighted by Crippen LogP contribution is -2.43. The van der Waals surface area contributed by atoms with Crippen molar-refractivity contribution in [3.63, 3.8) is 0 Å². The van der Waals surface area contributed by atoms with Crippen molar-refractivity contribution in [3.8, 4) is 5.75 Å². The Hall–Kier alpha value is -1.06. The van der Waals surface area contributed by atoms with E-state index in [0.717, 1.165) is 5.75 Å². The Kier molecular flexibility index (Phi) is 5.27. The van der Waals surface area contributed by atoms with Gasteiger partial charge in [0.25, 0.3) is 0 Å². The number of fused-ring (bicyclic) bond motifs is 1. The standard InChI is InChI=1S/C20H32N2O/c1-21(2)11-4-12-22-13-9-20(10-14-22)8-7-17-5-6-19(23-3)15-18(17)16-20/h5-6,15H,4,7-14,16H2,1-3H3. The van der Waals surface area contributed by atoms with E-state index in [4.69, 9.17) is 4.74 Å². The van der Waals surface area contributed by atoms with Gasteiger partial charge in [0, 0.05) is 0 Å².